The molecular formula is C7H5NO5S2. The number of nitrogens with zero attached hydrogens (tertiary/aromatic N) is 1. The second kappa shape index (κ2) is 4.43. The number of aliphatic carboxylic acids is 1. The molecule has 1 N–H and O–H groups in total. The second-order valence-electron chi connectivity index (χ2n) is 2.54. The van der Waals surface area contributed by atoms with Crippen LogP contribution in [0.15, 0.2) is 15.6 Å². The molecule has 8 heteroatoms. The number of carboxylic acid groups (broad SMARTS) is 1. The SMILES string of the molecule is CC1=C(N=C=O)C(=S(=O)=O)C(C(=O)O)S1. The Labute approximate surface area is 90.2 Å². The maximum atomic E-state index is 10.8. The van der Waals surface area contributed by atoms with Gasteiger partial charge in [-0.2, -0.15) is 13.4 Å². The average molecular weight is 247 g/mol. The van der Waals surface area contributed by atoms with Gasteiger partial charge in [0.1, 0.15) is 15.8 Å². The summed E-state index contributed by atoms with van der Waals surface area (Å²) in [6, 6.07) is 0. The summed E-state index contributed by atoms with van der Waals surface area (Å²) in [5, 5.41) is 7.53. The highest BCUT2D eigenvalue weighted by atomic mass is 32.2. The van der Waals surface area contributed by atoms with Crippen LogP contribution in [0, 0.1) is 0 Å². The molecule has 0 aromatic carbocycles. The Morgan fingerprint density at radius 1 is 1.60 bits per heavy atom. The minimum absolute atomic E-state index is 0.115. The lowest BCUT2D eigenvalue weighted by molar-refractivity contribution is -0.135. The molecule has 0 aromatic heterocycles. The van der Waals surface area contributed by atoms with Crippen LogP contribution in [0.5, 0.6) is 0 Å². The number of rotatable bonds is 2. The van der Waals surface area contributed by atoms with Gasteiger partial charge in [0.15, 0.2) is 0 Å². The Hall–Kier alpha value is -1.37. The lowest BCUT2D eigenvalue weighted by Crippen LogP contribution is -2.24. The molecule has 1 heterocycles. The Balaban J connectivity index is 3.42. The van der Waals surface area contributed by atoms with E-state index in [-0.39, 0.29) is 10.6 Å². The Kier molecular flexibility index (Phi) is 3.46. The molecule has 1 unspecified atom stereocenters. The summed E-state index contributed by atoms with van der Waals surface area (Å²) >= 11 is 0.835. The van der Waals surface area contributed by atoms with E-state index in [2.05, 4.69) is 4.99 Å². The van der Waals surface area contributed by atoms with Crippen LogP contribution in [0.1, 0.15) is 6.92 Å². The third-order valence-corrected chi connectivity index (χ3v) is 3.82. The third kappa shape index (κ3) is 2.17. The first-order valence-electron chi connectivity index (χ1n) is 3.63. The topological polar surface area (TPSA) is 101 Å². The highest BCUT2D eigenvalue weighted by Crippen LogP contribution is 2.35. The molecule has 0 aromatic rings. The van der Waals surface area contributed by atoms with Gasteiger partial charge >= 0.3 is 5.97 Å². The van der Waals surface area contributed by atoms with Gasteiger partial charge in [-0.3, -0.25) is 4.79 Å². The van der Waals surface area contributed by atoms with Crippen molar-refractivity contribution in [3.63, 3.8) is 0 Å². The van der Waals surface area contributed by atoms with E-state index in [1.165, 1.54) is 13.0 Å². The van der Waals surface area contributed by atoms with E-state index >= 15 is 0 Å². The van der Waals surface area contributed by atoms with Crippen LogP contribution in [0.25, 0.3) is 0 Å². The van der Waals surface area contributed by atoms with Gasteiger partial charge in [0, 0.05) is 4.91 Å². The maximum absolute atomic E-state index is 10.8. The summed E-state index contributed by atoms with van der Waals surface area (Å²) in [6.07, 6.45) is 1.20. The molecule has 0 saturated heterocycles. The fraction of sp³-hybridized carbons (Fsp3) is 0.286. The first-order chi connectivity index (χ1) is 6.99. The zero-order valence-corrected chi connectivity index (χ0v) is 9.05. The van der Waals surface area contributed by atoms with Crippen molar-refractivity contribution >= 4 is 39.0 Å². The molecule has 0 radical (unpaired) electrons. The molecular weight excluding hydrogens is 242 g/mol. The molecule has 1 aliphatic heterocycles. The maximum Gasteiger partial charge on any atom is 0.322 e. The highest BCUT2D eigenvalue weighted by molar-refractivity contribution is 8.06. The fourth-order valence-corrected chi connectivity index (χ4v) is 3.11. The fourth-order valence-electron chi connectivity index (χ4n) is 1.09. The average Bonchev–Trinajstić information content (AvgIpc) is 2.45. The van der Waals surface area contributed by atoms with Gasteiger partial charge in [0.2, 0.25) is 16.4 Å². The van der Waals surface area contributed by atoms with Crippen LogP contribution in [0.2, 0.25) is 0 Å². The Morgan fingerprint density at radius 3 is 2.60 bits per heavy atom. The number of carbonyl (C=O) groups excluding carboxylic acids is 1. The third-order valence-electron chi connectivity index (χ3n) is 1.66. The first kappa shape index (κ1) is 11.7. The number of carbonyl (C=O) groups is 1. The minimum atomic E-state index is -2.71. The monoisotopic (exact) mass is 247 g/mol. The molecule has 6 nitrogen and oxygen atoms in total. The van der Waals surface area contributed by atoms with Crippen molar-refractivity contribution in [3.05, 3.63) is 10.6 Å². The first-order valence-corrected chi connectivity index (χ1v) is 5.59. The van der Waals surface area contributed by atoms with Gasteiger partial charge in [0.25, 0.3) is 0 Å². The van der Waals surface area contributed by atoms with E-state index in [0.717, 1.165) is 11.8 Å². The normalized spacial score (nSPS) is 20.1. The summed E-state index contributed by atoms with van der Waals surface area (Å²) in [5.74, 6) is -1.28. The summed E-state index contributed by atoms with van der Waals surface area (Å²) in [5.41, 5.74) is -0.115. The smallest absolute Gasteiger partial charge is 0.322 e. The number of hydrogen-bond donors (Lipinski definition) is 1. The number of aliphatic imine (C=N–C) groups is 1. The van der Waals surface area contributed by atoms with E-state index in [1.807, 2.05) is 0 Å². The van der Waals surface area contributed by atoms with Gasteiger partial charge in [-0.15, -0.1) is 11.8 Å². The van der Waals surface area contributed by atoms with Gasteiger partial charge in [-0.1, -0.05) is 0 Å². The molecule has 0 fully saturated rings. The largest absolute Gasteiger partial charge is 0.480 e. The predicted octanol–water partition coefficient (Wildman–Crippen LogP) is -0.195. The molecule has 1 aliphatic rings. The Bertz CT molecular complexity index is 516. The Morgan fingerprint density at radius 2 is 2.20 bits per heavy atom. The van der Waals surface area contributed by atoms with Crippen molar-refractivity contribution in [2.45, 2.75) is 12.2 Å². The number of allylic oxidation sites excluding steroid dienone is 2. The second-order valence-corrected chi connectivity index (χ2v) is 4.77. The molecule has 0 amide bonds. The number of carboxylic acids is 1. The molecule has 0 aliphatic carbocycles. The van der Waals surface area contributed by atoms with Gasteiger partial charge < -0.3 is 5.11 Å². The van der Waals surface area contributed by atoms with Gasteiger partial charge in [0.05, 0.1) is 0 Å². The minimum Gasteiger partial charge on any atom is -0.480 e. The van der Waals surface area contributed by atoms with Crippen LogP contribution in [0.3, 0.4) is 0 Å². The number of thioether (sulfide) groups is 1. The lowest BCUT2D eigenvalue weighted by atomic mass is 10.2. The summed E-state index contributed by atoms with van der Waals surface area (Å²) in [6.45, 7) is 1.50. The molecule has 0 spiro atoms. The number of isocyanates is 1. The highest BCUT2D eigenvalue weighted by Gasteiger charge is 2.36. The molecule has 1 atom stereocenters. The van der Waals surface area contributed by atoms with Crippen molar-refractivity contribution in [1.29, 1.82) is 0 Å². The van der Waals surface area contributed by atoms with Crippen LogP contribution in [-0.4, -0.2) is 35.7 Å². The number of hydrogen-bond acceptors (Lipinski definition) is 6. The predicted molar refractivity (Wildman–Crippen MR) is 53.8 cm³/mol. The molecule has 15 heavy (non-hydrogen) atoms. The van der Waals surface area contributed by atoms with Crippen molar-refractivity contribution in [2.75, 3.05) is 0 Å². The van der Waals surface area contributed by atoms with Crippen molar-refractivity contribution in [1.82, 2.24) is 0 Å². The van der Waals surface area contributed by atoms with Crippen molar-refractivity contribution in [2.24, 2.45) is 4.99 Å². The van der Waals surface area contributed by atoms with Crippen molar-refractivity contribution in [3.8, 4) is 0 Å². The zero-order valence-electron chi connectivity index (χ0n) is 7.42. The molecule has 1 rings (SSSR count). The van der Waals surface area contributed by atoms with Gasteiger partial charge in [-0.25, -0.2) is 4.79 Å². The summed E-state index contributed by atoms with van der Waals surface area (Å²) in [7, 11) is -2.71. The molecule has 80 valence electrons. The van der Waals surface area contributed by atoms with Crippen LogP contribution >= 0.6 is 11.8 Å². The van der Waals surface area contributed by atoms with Gasteiger partial charge in [-0.05, 0) is 6.92 Å². The molecule has 0 saturated carbocycles. The van der Waals surface area contributed by atoms with E-state index in [4.69, 9.17) is 5.11 Å². The zero-order chi connectivity index (χ0) is 11.6. The summed E-state index contributed by atoms with van der Waals surface area (Å²) in [4.78, 5) is 24.0. The van der Waals surface area contributed by atoms with E-state index < -0.39 is 21.5 Å². The summed E-state index contributed by atoms with van der Waals surface area (Å²) < 4.78 is 21.6. The quantitative estimate of drug-likeness (QED) is 0.412. The molecule has 0 bridgehead atoms. The van der Waals surface area contributed by atoms with Crippen LogP contribution in [-0.2, 0) is 19.9 Å². The van der Waals surface area contributed by atoms with Crippen LogP contribution < -0.4 is 0 Å². The standard InChI is InChI=1S/C7H5NO5S2/c1-3-4(8-2-9)6(15(12)13)5(14-3)7(10)11/h5H,1H3,(H,10,11). The van der Waals surface area contributed by atoms with Crippen LogP contribution in [0.4, 0.5) is 0 Å². The van der Waals surface area contributed by atoms with E-state index in [1.54, 1.807) is 0 Å². The van der Waals surface area contributed by atoms with E-state index in [9.17, 15) is 18.0 Å². The van der Waals surface area contributed by atoms with E-state index in [0.29, 0.717) is 4.91 Å². The van der Waals surface area contributed by atoms with Crippen molar-refractivity contribution < 1.29 is 23.1 Å². The lowest BCUT2D eigenvalue weighted by Gasteiger charge is -2.00.